The molecule has 0 saturated carbocycles. The predicted octanol–water partition coefficient (Wildman–Crippen LogP) is 8.72. The van der Waals surface area contributed by atoms with Gasteiger partial charge < -0.3 is 0 Å². The molecule has 0 nitrogen and oxygen atoms in total. The Labute approximate surface area is 153 Å². The van der Waals surface area contributed by atoms with Gasteiger partial charge in [-0.3, -0.25) is 0 Å². The standard InChI is InChI=1S/C24H43/c1-2-4-6-8-10-12-14-16-18-20-22-24-23-21-19-17-15-13-11-9-7-5-3-1/h1-3H,4,6-24H2/b2-1+,5-3?. The van der Waals surface area contributed by atoms with Crippen LogP contribution in [0.3, 0.4) is 0 Å². The summed E-state index contributed by atoms with van der Waals surface area (Å²) in [4.78, 5) is 0. The van der Waals surface area contributed by atoms with Crippen LogP contribution in [-0.2, 0) is 0 Å². The molecule has 1 radical (unpaired) electrons. The smallest absolute Gasteiger partial charge is 0.0276 e. The van der Waals surface area contributed by atoms with Crippen LogP contribution in [0.5, 0.6) is 0 Å². The van der Waals surface area contributed by atoms with E-state index in [9.17, 15) is 0 Å². The third-order valence-electron chi connectivity index (χ3n) is 5.29. The van der Waals surface area contributed by atoms with E-state index in [0.717, 1.165) is 6.42 Å². The maximum atomic E-state index is 3.42. The third kappa shape index (κ3) is 16.3. The highest BCUT2D eigenvalue weighted by Gasteiger charge is 1.95. The summed E-state index contributed by atoms with van der Waals surface area (Å²) in [5, 5.41) is 0. The summed E-state index contributed by atoms with van der Waals surface area (Å²) in [5.41, 5.74) is 0. The van der Waals surface area contributed by atoms with Gasteiger partial charge in [0.05, 0.1) is 0 Å². The molecule has 1 aliphatic carbocycles. The largest absolute Gasteiger partial charge is 0.0845 e. The lowest BCUT2D eigenvalue weighted by atomic mass is 10.0. The number of hydrogen-bond acceptors (Lipinski definition) is 0. The van der Waals surface area contributed by atoms with E-state index in [1.807, 2.05) is 0 Å². The third-order valence-corrected chi connectivity index (χ3v) is 5.29. The van der Waals surface area contributed by atoms with Crippen LogP contribution in [-0.4, -0.2) is 0 Å². The topological polar surface area (TPSA) is 0 Å². The summed E-state index contributed by atoms with van der Waals surface area (Å²) in [6, 6.07) is 0. The number of allylic oxidation sites excluding steroid dienone is 4. The molecule has 0 aliphatic heterocycles. The Bertz CT molecular complexity index is 256. The second-order valence-corrected chi connectivity index (χ2v) is 7.70. The molecule has 0 aromatic rings. The van der Waals surface area contributed by atoms with Crippen LogP contribution in [0.15, 0.2) is 18.2 Å². The zero-order valence-corrected chi connectivity index (χ0v) is 16.4. The summed E-state index contributed by atoms with van der Waals surface area (Å²) in [6.07, 6.45) is 38.5. The van der Waals surface area contributed by atoms with Crippen molar-refractivity contribution in [1.82, 2.24) is 0 Å². The Balaban J connectivity index is 2.09. The fraction of sp³-hybridized carbons (Fsp3) is 0.833. The molecular formula is C24H43. The van der Waals surface area contributed by atoms with E-state index in [1.54, 1.807) is 0 Å². The van der Waals surface area contributed by atoms with Crippen molar-refractivity contribution in [3.05, 3.63) is 24.3 Å². The van der Waals surface area contributed by atoms with Crippen molar-refractivity contribution in [2.24, 2.45) is 0 Å². The molecule has 0 saturated heterocycles. The highest BCUT2D eigenvalue weighted by atomic mass is 14.0. The SMILES string of the molecule is [C]1=C/C=C/CCCCCCCCCCCCCCCCCCCC/1. The lowest BCUT2D eigenvalue weighted by molar-refractivity contribution is 0.524. The maximum Gasteiger partial charge on any atom is -0.0276 e. The Morgan fingerprint density at radius 2 is 0.792 bits per heavy atom. The van der Waals surface area contributed by atoms with Gasteiger partial charge in [0.25, 0.3) is 0 Å². The summed E-state index contributed by atoms with van der Waals surface area (Å²) in [5.74, 6) is 0. The van der Waals surface area contributed by atoms with Crippen LogP contribution >= 0.6 is 0 Å². The Morgan fingerprint density at radius 1 is 0.417 bits per heavy atom. The number of hydrogen-bond donors (Lipinski definition) is 0. The molecule has 0 heteroatoms. The van der Waals surface area contributed by atoms with Gasteiger partial charge in [0.2, 0.25) is 0 Å². The first-order chi connectivity index (χ1) is 12.0. The lowest BCUT2D eigenvalue weighted by Gasteiger charge is -2.04. The van der Waals surface area contributed by atoms with Crippen molar-refractivity contribution in [3.63, 3.8) is 0 Å². The van der Waals surface area contributed by atoms with Gasteiger partial charge in [-0.1, -0.05) is 121 Å². The van der Waals surface area contributed by atoms with Crippen molar-refractivity contribution in [2.75, 3.05) is 0 Å². The van der Waals surface area contributed by atoms with Crippen LogP contribution in [0.25, 0.3) is 0 Å². The van der Waals surface area contributed by atoms with Crippen LogP contribution in [0.1, 0.15) is 128 Å². The molecule has 139 valence electrons. The van der Waals surface area contributed by atoms with E-state index in [2.05, 4.69) is 24.3 Å². The molecule has 0 aromatic carbocycles. The zero-order chi connectivity index (χ0) is 17.0. The molecule has 0 aromatic heterocycles. The van der Waals surface area contributed by atoms with Gasteiger partial charge in [-0.2, -0.15) is 0 Å². The minimum Gasteiger partial charge on any atom is -0.0845 e. The molecule has 0 fully saturated rings. The molecule has 0 heterocycles. The lowest BCUT2D eigenvalue weighted by Crippen LogP contribution is -1.84. The molecular weight excluding hydrogens is 288 g/mol. The average Bonchev–Trinajstić information content (AvgIpc) is 2.59. The summed E-state index contributed by atoms with van der Waals surface area (Å²) < 4.78 is 0. The molecule has 0 spiro atoms. The first-order valence-corrected chi connectivity index (χ1v) is 11.2. The second-order valence-electron chi connectivity index (χ2n) is 7.70. The number of rotatable bonds is 0. The van der Waals surface area contributed by atoms with E-state index >= 15 is 0 Å². The quantitative estimate of drug-likeness (QED) is 0.416. The van der Waals surface area contributed by atoms with Gasteiger partial charge in [-0.15, -0.1) is 0 Å². The second kappa shape index (κ2) is 18.8. The van der Waals surface area contributed by atoms with Gasteiger partial charge in [-0.25, -0.2) is 0 Å². The Kier molecular flexibility index (Phi) is 16.9. The van der Waals surface area contributed by atoms with Crippen molar-refractivity contribution in [3.8, 4) is 0 Å². The predicted molar refractivity (Wildman–Crippen MR) is 109 cm³/mol. The van der Waals surface area contributed by atoms with Gasteiger partial charge >= 0.3 is 0 Å². The Hall–Kier alpha value is -0.520. The van der Waals surface area contributed by atoms with Crippen LogP contribution < -0.4 is 0 Å². The highest BCUT2D eigenvalue weighted by molar-refractivity contribution is 4.98. The minimum atomic E-state index is 1.14. The first kappa shape index (κ1) is 21.5. The van der Waals surface area contributed by atoms with Crippen LogP contribution in [0.2, 0.25) is 0 Å². The fourth-order valence-electron chi connectivity index (χ4n) is 3.63. The summed E-state index contributed by atoms with van der Waals surface area (Å²) in [6.45, 7) is 0. The average molecular weight is 332 g/mol. The van der Waals surface area contributed by atoms with E-state index in [0.29, 0.717) is 0 Å². The molecule has 0 atom stereocenters. The molecule has 0 amide bonds. The van der Waals surface area contributed by atoms with E-state index in [-0.39, 0.29) is 0 Å². The summed E-state index contributed by atoms with van der Waals surface area (Å²) >= 11 is 0. The first-order valence-electron chi connectivity index (χ1n) is 11.2. The van der Waals surface area contributed by atoms with E-state index < -0.39 is 0 Å². The molecule has 1 rings (SSSR count). The monoisotopic (exact) mass is 331 g/mol. The molecule has 0 N–H and O–H groups in total. The fourth-order valence-corrected chi connectivity index (χ4v) is 3.63. The van der Waals surface area contributed by atoms with Crippen molar-refractivity contribution in [1.29, 1.82) is 0 Å². The van der Waals surface area contributed by atoms with Gasteiger partial charge in [0.1, 0.15) is 0 Å². The minimum absolute atomic E-state index is 1.14. The van der Waals surface area contributed by atoms with Gasteiger partial charge in [-0.05, 0) is 31.8 Å². The van der Waals surface area contributed by atoms with Gasteiger partial charge in [0.15, 0.2) is 0 Å². The van der Waals surface area contributed by atoms with Crippen LogP contribution in [0.4, 0.5) is 0 Å². The summed E-state index contributed by atoms with van der Waals surface area (Å²) in [7, 11) is 0. The van der Waals surface area contributed by atoms with Crippen molar-refractivity contribution in [2.45, 2.75) is 128 Å². The molecule has 0 bridgehead atoms. The molecule has 1 aliphatic rings. The zero-order valence-electron chi connectivity index (χ0n) is 16.4. The van der Waals surface area contributed by atoms with E-state index in [4.69, 9.17) is 0 Å². The Morgan fingerprint density at radius 3 is 1.25 bits per heavy atom. The van der Waals surface area contributed by atoms with Gasteiger partial charge in [0, 0.05) is 0 Å². The normalized spacial score (nSPS) is 25.3. The van der Waals surface area contributed by atoms with Crippen LogP contribution in [0, 0.1) is 6.08 Å². The highest BCUT2D eigenvalue weighted by Crippen LogP contribution is 2.15. The van der Waals surface area contributed by atoms with E-state index in [1.165, 1.54) is 122 Å². The maximum absolute atomic E-state index is 3.42. The van der Waals surface area contributed by atoms with Crippen molar-refractivity contribution < 1.29 is 0 Å². The molecule has 0 unspecified atom stereocenters. The van der Waals surface area contributed by atoms with Crippen molar-refractivity contribution >= 4 is 0 Å². The molecule has 24 heavy (non-hydrogen) atoms.